The van der Waals surface area contributed by atoms with Crippen LogP contribution in [0.5, 0.6) is 0 Å². The third-order valence-corrected chi connectivity index (χ3v) is 3.76. The topological polar surface area (TPSA) is 26.0 Å². The summed E-state index contributed by atoms with van der Waals surface area (Å²) >= 11 is 18.2. The van der Waals surface area contributed by atoms with Crippen LogP contribution in [0.2, 0.25) is 15.1 Å². The summed E-state index contributed by atoms with van der Waals surface area (Å²) in [6, 6.07) is 11.1. The van der Waals surface area contributed by atoms with Crippen molar-refractivity contribution >= 4 is 34.8 Å². The molecule has 1 nitrogen and oxygen atoms in total. The predicted octanol–water partition coefficient (Wildman–Crippen LogP) is 5.20. The fourth-order valence-electron chi connectivity index (χ4n) is 2.03. The number of benzene rings is 2. The Morgan fingerprint density at radius 1 is 1.00 bits per heavy atom. The van der Waals surface area contributed by atoms with E-state index in [1.165, 1.54) is 0 Å². The van der Waals surface area contributed by atoms with Gasteiger partial charge in [-0.2, -0.15) is 0 Å². The smallest absolute Gasteiger partial charge is 0.0439 e. The van der Waals surface area contributed by atoms with Gasteiger partial charge in [0.1, 0.15) is 0 Å². The third kappa shape index (κ3) is 3.87. The maximum atomic E-state index is 6.22. The molecular formula is C15H14Cl3N. The highest BCUT2D eigenvalue weighted by atomic mass is 35.5. The van der Waals surface area contributed by atoms with Gasteiger partial charge in [-0.1, -0.05) is 40.9 Å². The molecule has 2 rings (SSSR count). The Hall–Kier alpha value is -0.730. The number of hydrogen-bond acceptors (Lipinski definition) is 1. The lowest BCUT2D eigenvalue weighted by Crippen LogP contribution is -2.13. The van der Waals surface area contributed by atoms with Crippen LogP contribution < -0.4 is 5.73 Å². The molecule has 2 aromatic carbocycles. The minimum Gasteiger partial charge on any atom is -0.324 e. The van der Waals surface area contributed by atoms with E-state index < -0.39 is 0 Å². The van der Waals surface area contributed by atoms with Crippen molar-refractivity contribution < 1.29 is 0 Å². The highest BCUT2D eigenvalue weighted by Gasteiger charge is 2.11. The lowest BCUT2D eigenvalue weighted by molar-refractivity contribution is 0.721. The van der Waals surface area contributed by atoms with E-state index in [-0.39, 0.29) is 6.04 Å². The Morgan fingerprint density at radius 2 is 1.74 bits per heavy atom. The first-order valence-electron chi connectivity index (χ1n) is 5.92. The molecule has 4 heteroatoms. The Morgan fingerprint density at radius 3 is 2.42 bits per heavy atom. The molecule has 2 N–H and O–H groups in total. The molecule has 19 heavy (non-hydrogen) atoms. The van der Waals surface area contributed by atoms with Crippen LogP contribution in [0.25, 0.3) is 0 Å². The fraction of sp³-hybridized carbons (Fsp3) is 0.200. The van der Waals surface area contributed by atoms with Gasteiger partial charge in [0.05, 0.1) is 0 Å². The Bertz CT molecular complexity index is 576. The summed E-state index contributed by atoms with van der Waals surface area (Å²) in [6.45, 7) is 1.99. The zero-order valence-electron chi connectivity index (χ0n) is 10.5. The maximum Gasteiger partial charge on any atom is 0.0439 e. The molecule has 0 heterocycles. The number of rotatable bonds is 3. The first-order valence-corrected chi connectivity index (χ1v) is 7.05. The molecule has 2 aromatic rings. The Labute approximate surface area is 128 Å². The minimum atomic E-state index is -0.159. The highest BCUT2D eigenvalue weighted by Crippen LogP contribution is 2.26. The van der Waals surface area contributed by atoms with Gasteiger partial charge in [0.15, 0.2) is 0 Å². The van der Waals surface area contributed by atoms with Crippen molar-refractivity contribution in [1.82, 2.24) is 0 Å². The molecule has 0 aliphatic heterocycles. The Kier molecular flexibility index (Phi) is 4.75. The molecular weight excluding hydrogens is 301 g/mol. The lowest BCUT2D eigenvalue weighted by Gasteiger charge is -2.14. The van der Waals surface area contributed by atoms with Crippen LogP contribution >= 0.6 is 34.8 Å². The summed E-state index contributed by atoms with van der Waals surface area (Å²) in [5.41, 5.74) is 9.26. The van der Waals surface area contributed by atoms with Crippen molar-refractivity contribution in [2.75, 3.05) is 0 Å². The summed E-state index contributed by atoms with van der Waals surface area (Å²) in [6.07, 6.45) is 0.624. The normalized spacial score (nSPS) is 12.5. The average Bonchev–Trinajstić information content (AvgIpc) is 2.32. The zero-order chi connectivity index (χ0) is 14.0. The summed E-state index contributed by atoms with van der Waals surface area (Å²) in [5, 5.41) is 2.04. The molecule has 0 spiro atoms. The van der Waals surface area contributed by atoms with Gasteiger partial charge in [-0.15, -0.1) is 0 Å². The van der Waals surface area contributed by atoms with Crippen LogP contribution in [0, 0.1) is 6.92 Å². The van der Waals surface area contributed by atoms with Crippen LogP contribution in [0.15, 0.2) is 36.4 Å². The van der Waals surface area contributed by atoms with Crippen LogP contribution in [0.1, 0.15) is 22.7 Å². The van der Waals surface area contributed by atoms with Crippen LogP contribution in [0.3, 0.4) is 0 Å². The van der Waals surface area contributed by atoms with E-state index in [1.807, 2.05) is 31.2 Å². The van der Waals surface area contributed by atoms with Gasteiger partial charge in [-0.25, -0.2) is 0 Å². The quantitative estimate of drug-likeness (QED) is 0.828. The second-order valence-corrected chi connectivity index (χ2v) is 5.89. The van der Waals surface area contributed by atoms with Crippen LogP contribution in [-0.2, 0) is 6.42 Å². The second-order valence-electron chi connectivity index (χ2n) is 4.61. The summed E-state index contributed by atoms with van der Waals surface area (Å²) in [7, 11) is 0. The van der Waals surface area contributed by atoms with E-state index in [9.17, 15) is 0 Å². The van der Waals surface area contributed by atoms with E-state index >= 15 is 0 Å². The fourth-order valence-corrected chi connectivity index (χ4v) is 2.72. The molecule has 100 valence electrons. The lowest BCUT2D eigenvalue weighted by atomic mass is 9.98. The summed E-state index contributed by atoms with van der Waals surface area (Å²) in [4.78, 5) is 0. The molecule has 0 bridgehead atoms. The standard InChI is InChI=1S/C15H14Cl3N/c1-9-4-11(7-13(17)5-9)15(19)8-10-6-12(16)2-3-14(10)18/h2-7,15H,8,19H2,1H3. The van der Waals surface area contributed by atoms with E-state index in [1.54, 1.807) is 12.1 Å². The third-order valence-electron chi connectivity index (χ3n) is 2.94. The van der Waals surface area contributed by atoms with Gasteiger partial charge >= 0.3 is 0 Å². The van der Waals surface area contributed by atoms with Crippen molar-refractivity contribution in [3.63, 3.8) is 0 Å². The average molecular weight is 315 g/mol. The molecule has 0 amide bonds. The maximum absolute atomic E-state index is 6.22. The monoisotopic (exact) mass is 313 g/mol. The van der Waals surface area contributed by atoms with Crippen LogP contribution in [0.4, 0.5) is 0 Å². The molecule has 0 radical (unpaired) electrons. The van der Waals surface area contributed by atoms with Gasteiger partial charge in [-0.3, -0.25) is 0 Å². The summed E-state index contributed by atoms with van der Waals surface area (Å²) < 4.78 is 0. The molecule has 0 saturated heterocycles. The summed E-state index contributed by atoms with van der Waals surface area (Å²) in [5.74, 6) is 0. The van der Waals surface area contributed by atoms with E-state index in [0.29, 0.717) is 21.5 Å². The van der Waals surface area contributed by atoms with Gasteiger partial charge in [0.25, 0.3) is 0 Å². The molecule has 0 aliphatic carbocycles. The SMILES string of the molecule is Cc1cc(Cl)cc(C(N)Cc2cc(Cl)ccc2Cl)c1. The first kappa shape index (κ1) is 14.7. The highest BCUT2D eigenvalue weighted by molar-refractivity contribution is 6.33. The largest absolute Gasteiger partial charge is 0.324 e. The van der Waals surface area contributed by atoms with Crippen molar-refractivity contribution in [2.45, 2.75) is 19.4 Å². The number of halogens is 3. The molecule has 0 aromatic heterocycles. The molecule has 0 aliphatic rings. The second kappa shape index (κ2) is 6.15. The van der Waals surface area contributed by atoms with Gasteiger partial charge in [0.2, 0.25) is 0 Å². The van der Waals surface area contributed by atoms with Gasteiger partial charge < -0.3 is 5.73 Å². The molecule has 1 atom stereocenters. The van der Waals surface area contributed by atoms with E-state index in [4.69, 9.17) is 40.5 Å². The van der Waals surface area contributed by atoms with Gasteiger partial charge in [0, 0.05) is 21.1 Å². The van der Waals surface area contributed by atoms with Gasteiger partial charge in [-0.05, 0) is 60.4 Å². The molecule has 0 fully saturated rings. The predicted molar refractivity (Wildman–Crippen MR) is 83.3 cm³/mol. The first-order chi connectivity index (χ1) is 8.95. The molecule has 1 unspecified atom stereocenters. The van der Waals surface area contributed by atoms with Crippen molar-refractivity contribution in [3.8, 4) is 0 Å². The van der Waals surface area contributed by atoms with Crippen molar-refractivity contribution in [2.24, 2.45) is 5.73 Å². The van der Waals surface area contributed by atoms with E-state index in [0.717, 1.165) is 16.7 Å². The van der Waals surface area contributed by atoms with Crippen molar-refractivity contribution in [3.05, 3.63) is 68.2 Å². The zero-order valence-corrected chi connectivity index (χ0v) is 12.7. The minimum absolute atomic E-state index is 0.159. The van der Waals surface area contributed by atoms with Crippen molar-refractivity contribution in [1.29, 1.82) is 0 Å². The number of hydrogen-bond donors (Lipinski definition) is 1. The molecule has 0 saturated carbocycles. The Balaban J connectivity index is 2.25. The number of aryl methyl sites for hydroxylation is 1. The van der Waals surface area contributed by atoms with Crippen LogP contribution in [-0.4, -0.2) is 0 Å². The van der Waals surface area contributed by atoms with E-state index in [2.05, 4.69) is 0 Å². The number of nitrogens with two attached hydrogens (primary N) is 1.